The van der Waals surface area contributed by atoms with E-state index in [1.165, 1.54) is 26.2 Å². The van der Waals surface area contributed by atoms with E-state index < -0.39 is 12.0 Å². The summed E-state index contributed by atoms with van der Waals surface area (Å²) in [6, 6.07) is -0.777. The molecule has 86 valence electrons. The summed E-state index contributed by atoms with van der Waals surface area (Å²) in [4.78, 5) is 22.0. The van der Waals surface area contributed by atoms with Gasteiger partial charge in [-0.25, -0.2) is 0 Å². The van der Waals surface area contributed by atoms with E-state index in [2.05, 4.69) is 5.32 Å². The maximum Gasteiger partial charge on any atom is 0.325 e. The van der Waals surface area contributed by atoms with Gasteiger partial charge in [-0.3, -0.25) is 9.59 Å². The summed E-state index contributed by atoms with van der Waals surface area (Å²) in [5.41, 5.74) is 0. The largest absolute Gasteiger partial charge is 0.480 e. The van der Waals surface area contributed by atoms with Crippen molar-refractivity contribution in [3.8, 4) is 0 Å². The number of nitrogens with one attached hydrogen (secondary N) is 1. The predicted octanol–water partition coefficient (Wildman–Crippen LogP) is 1.55. The molecule has 0 heterocycles. The second kappa shape index (κ2) is 5.73. The summed E-state index contributed by atoms with van der Waals surface area (Å²) in [5, 5.41) is 11.1. The second-order valence-corrected chi connectivity index (χ2v) is 4.34. The van der Waals surface area contributed by atoms with Gasteiger partial charge in [0.1, 0.15) is 6.04 Å². The van der Waals surface area contributed by atoms with E-state index in [0.29, 0.717) is 12.3 Å². The SMILES string of the molecule is CC(NC(=O)CC1CCCCC1)C(=O)O. The predicted molar refractivity (Wildman–Crippen MR) is 56.4 cm³/mol. The Morgan fingerprint density at radius 3 is 2.47 bits per heavy atom. The summed E-state index contributed by atoms with van der Waals surface area (Å²) in [5.74, 6) is -0.650. The molecule has 1 unspecified atom stereocenters. The average molecular weight is 213 g/mol. The molecule has 1 aliphatic rings. The van der Waals surface area contributed by atoms with Crippen LogP contribution in [0.2, 0.25) is 0 Å². The minimum atomic E-state index is -0.980. The number of rotatable bonds is 4. The standard InChI is InChI=1S/C11H19NO3/c1-8(11(14)15)12-10(13)7-9-5-3-2-4-6-9/h8-9H,2-7H2,1H3,(H,12,13)(H,14,15). The molecule has 1 atom stereocenters. The molecule has 2 N–H and O–H groups in total. The molecule has 1 saturated carbocycles. The molecule has 15 heavy (non-hydrogen) atoms. The van der Waals surface area contributed by atoms with Crippen molar-refractivity contribution in [2.45, 2.75) is 51.5 Å². The fourth-order valence-electron chi connectivity index (χ4n) is 2.02. The highest BCUT2D eigenvalue weighted by molar-refractivity contribution is 5.83. The maximum absolute atomic E-state index is 11.5. The average Bonchev–Trinajstić information content (AvgIpc) is 2.18. The zero-order valence-electron chi connectivity index (χ0n) is 9.16. The molecule has 4 nitrogen and oxygen atoms in total. The number of amides is 1. The van der Waals surface area contributed by atoms with Crippen LogP contribution in [0.3, 0.4) is 0 Å². The minimum absolute atomic E-state index is 0.128. The van der Waals surface area contributed by atoms with Crippen molar-refractivity contribution in [1.29, 1.82) is 0 Å². The third kappa shape index (κ3) is 4.32. The Labute approximate surface area is 90.0 Å². The Bertz CT molecular complexity index is 234. The molecule has 1 rings (SSSR count). The second-order valence-electron chi connectivity index (χ2n) is 4.34. The van der Waals surface area contributed by atoms with Gasteiger partial charge in [-0.15, -0.1) is 0 Å². The van der Waals surface area contributed by atoms with Crippen LogP contribution in [-0.2, 0) is 9.59 Å². The van der Waals surface area contributed by atoms with Crippen molar-refractivity contribution in [1.82, 2.24) is 5.32 Å². The smallest absolute Gasteiger partial charge is 0.325 e. The van der Waals surface area contributed by atoms with Gasteiger partial charge in [0, 0.05) is 6.42 Å². The molecule has 0 aromatic heterocycles. The molecule has 0 aliphatic heterocycles. The van der Waals surface area contributed by atoms with Gasteiger partial charge in [0.25, 0.3) is 0 Å². The van der Waals surface area contributed by atoms with Crippen LogP contribution in [0.15, 0.2) is 0 Å². The minimum Gasteiger partial charge on any atom is -0.480 e. The van der Waals surface area contributed by atoms with Crippen molar-refractivity contribution < 1.29 is 14.7 Å². The van der Waals surface area contributed by atoms with Crippen molar-refractivity contribution in [2.75, 3.05) is 0 Å². The van der Waals surface area contributed by atoms with Gasteiger partial charge in [-0.2, -0.15) is 0 Å². The molecule has 0 bridgehead atoms. The van der Waals surface area contributed by atoms with Gasteiger partial charge in [-0.1, -0.05) is 19.3 Å². The Hall–Kier alpha value is -1.06. The van der Waals surface area contributed by atoms with E-state index in [0.717, 1.165) is 12.8 Å². The Kier molecular flexibility index (Phi) is 4.59. The number of carboxylic acids is 1. The highest BCUT2D eigenvalue weighted by atomic mass is 16.4. The first-order valence-corrected chi connectivity index (χ1v) is 5.61. The molecule has 0 aromatic rings. The lowest BCUT2D eigenvalue weighted by molar-refractivity contribution is -0.141. The highest BCUT2D eigenvalue weighted by Crippen LogP contribution is 2.25. The summed E-state index contributed by atoms with van der Waals surface area (Å²) < 4.78 is 0. The summed E-state index contributed by atoms with van der Waals surface area (Å²) >= 11 is 0. The molecule has 1 amide bonds. The number of hydrogen-bond donors (Lipinski definition) is 2. The van der Waals surface area contributed by atoms with Crippen LogP contribution in [0.1, 0.15) is 45.4 Å². The molecule has 0 radical (unpaired) electrons. The van der Waals surface area contributed by atoms with Gasteiger partial charge in [-0.05, 0) is 25.7 Å². The van der Waals surface area contributed by atoms with E-state index in [1.54, 1.807) is 0 Å². The summed E-state index contributed by atoms with van der Waals surface area (Å²) in [7, 11) is 0. The molecule has 1 fully saturated rings. The quantitative estimate of drug-likeness (QED) is 0.744. The first-order valence-electron chi connectivity index (χ1n) is 5.61. The lowest BCUT2D eigenvalue weighted by atomic mass is 9.87. The van der Waals surface area contributed by atoms with Crippen LogP contribution in [-0.4, -0.2) is 23.0 Å². The van der Waals surface area contributed by atoms with E-state index >= 15 is 0 Å². The molecular weight excluding hydrogens is 194 g/mol. The number of hydrogen-bond acceptors (Lipinski definition) is 2. The highest BCUT2D eigenvalue weighted by Gasteiger charge is 2.19. The number of aliphatic carboxylic acids is 1. The third-order valence-corrected chi connectivity index (χ3v) is 2.95. The van der Waals surface area contributed by atoms with Crippen LogP contribution >= 0.6 is 0 Å². The maximum atomic E-state index is 11.5. The van der Waals surface area contributed by atoms with Crippen molar-refractivity contribution >= 4 is 11.9 Å². The first-order chi connectivity index (χ1) is 7.09. The zero-order chi connectivity index (χ0) is 11.3. The molecule has 4 heteroatoms. The number of carbonyl (C=O) groups is 2. The summed E-state index contributed by atoms with van der Waals surface area (Å²) in [6.45, 7) is 1.49. The normalized spacial score (nSPS) is 19.5. The van der Waals surface area contributed by atoms with Crippen LogP contribution < -0.4 is 5.32 Å². The molecular formula is C11H19NO3. The third-order valence-electron chi connectivity index (χ3n) is 2.95. The van der Waals surface area contributed by atoms with Crippen molar-refractivity contribution in [3.05, 3.63) is 0 Å². The van der Waals surface area contributed by atoms with E-state index in [-0.39, 0.29) is 5.91 Å². The number of carbonyl (C=O) groups excluding carboxylic acids is 1. The van der Waals surface area contributed by atoms with Gasteiger partial charge >= 0.3 is 5.97 Å². The van der Waals surface area contributed by atoms with Crippen LogP contribution in [0.5, 0.6) is 0 Å². The fraction of sp³-hybridized carbons (Fsp3) is 0.818. The van der Waals surface area contributed by atoms with Crippen molar-refractivity contribution in [2.24, 2.45) is 5.92 Å². The van der Waals surface area contributed by atoms with E-state index in [4.69, 9.17) is 5.11 Å². The molecule has 0 aromatic carbocycles. The summed E-state index contributed by atoms with van der Waals surface area (Å²) in [6.07, 6.45) is 6.36. The number of carboxylic acid groups (broad SMARTS) is 1. The van der Waals surface area contributed by atoms with Crippen LogP contribution in [0, 0.1) is 5.92 Å². The lowest BCUT2D eigenvalue weighted by Gasteiger charge is -2.21. The fourth-order valence-corrected chi connectivity index (χ4v) is 2.02. The van der Waals surface area contributed by atoms with E-state index in [1.807, 2.05) is 0 Å². The zero-order valence-corrected chi connectivity index (χ0v) is 9.16. The van der Waals surface area contributed by atoms with E-state index in [9.17, 15) is 9.59 Å². The first kappa shape index (κ1) is 12.0. The van der Waals surface area contributed by atoms with Crippen LogP contribution in [0.25, 0.3) is 0 Å². The van der Waals surface area contributed by atoms with Gasteiger partial charge in [0.05, 0.1) is 0 Å². The van der Waals surface area contributed by atoms with Gasteiger partial charge in [0.2, 0.25) is 5.91 Å². The van der Waals surface area contributed by atoms with Crippen molar-refractivity contribution in [3.63, 3.8) is 0 Å². The van der Waals surface area contributed by atoms with Gasteiger partial charge < -0.3 is 10.4 Å². The Morgan fingerprint density at radius 2 is 1.93 bits per heavy atom. The van der Waals surface area contributed by atoms with Crippen LogP contribution in [0.4, 0.5) is 0 Å². The molecule has 0 saturated heterocycles. The Morgan fingerprint density at radius 1 is 1.33 bits per heavy atom. The van der Waals surface area contributed by atoms with Gasteiger partial charge in [0.15, 0.2) is 0 Å². The lowest BCUT2D eigenvalue weighted by Crippen LogP contribution is -2.39. The molecule has 1 aliphatic carbocycles. The molecule has 0 spiro atoms. The topological polar surface area (TPSA) is 66.4 Å². The monoisotopic (exact) mass is 213 g/mol. The Balaban J connectivity index is 2.25.